The third-order valence-electron chi connectivity index (χ3n) is 7.06. The lowest BCUT2D eigenvalue weighted by atomic mass is 10.1. The van der Waals surface area contributed by atoms with Crippen LogP contribution in [-0.2, 0) is 14.8 Å². The molecule has 1 aliphatic rings. The van der Waals surface area contributed by atoms with E-state index in [4.69, 9.17) is 9.15 Å². The second-order valence-electron chi connectivity index (χ2n) is 10.0. The molecule has 2 heterocycles. The molecule has 9 heteroatoms. The first-order valence-electron chi connectivity index (χ1n) is 13.4. The highest BCUT2D eigenvalue weighted by molar-refractivity contribution is 7.89. The molecule has 1 fully saturated rings. The van der Waals surface area contributed by atoms with E-state index in [-0.39, 0.29) is 21.8 Å². The number of para-hydroxylation sites is 1. The largest absolute Gasteiger partial charge is 0.473 e. The summed E-state index contributed by atoms with van der Waals surface area (Å²) in [7, 11) is -3.59. The molecule has 5 rings (SSSR count). The minimum Gasteiger partial charge on any atom is -0.473 e. The molecule has 1 aromatic heterocycles. The average molecular weight is 561 g/mol. The number of rotatable bonds is 7. The van der Waals surface area contributed by atoms with Crippen LogP contribution in [0.15, 0.2) is 86.9 Å². The molecule has 3 aromatic carbocycles. The zero-order valence-corrected chi connectivity index (χ0v) is 23.4. The van der Waals surface area contributed by atoms with Gasteiger partial charge in [-0.05, 0) is 63.1 Å². The average Bonchev–Trinajstić information content (AvgIpc) is 3.26. The molecule has 40 heavy (non-hydrogen) atoms. The number of carbonyl (C=O) groups is 1. The molecule has 1 amide bonds. The van der Waals surface area contributed by atoms with Gasteiger partial charge in [0.15, 0.2) is 11.9 Å². The van der Waals surface area contributed by atoms with Crippen LogP contribution in [0.5, 0.6) is 5.75 Å². The first-order chi connectivity index (χ1) is 19.2. The lowest BCUT2D eigenvalue weighted by molar-refractivity contribution is -0.122. The van der Waals surface area contributed by atoms with Crippen molar-refractivity contribution in [3.63, 3.8) is 0 Å². The number of sulfonamides is 1. The van der Waals surface area contributed by atoms with Crippen molar-refractivity contribution >= 4 is 32.6 Å². The van der Waals surface area contributed by atoms with Gasteiger partial charge < -0.3 is 14.5 Å². The van der Waals surface area contributed by atoms with Gasteiger partial charge in [0.1, 0.15) is 5.58 Å². The zero-order chi connectivity index (χ0) is 28.3. The second-order valence-corrected chi connectivity index (χ2v) is 12.0. The van der Waals surface area contributed by atoms with E-state index in [0.717, 1.165) is 31.2 Å². The van der Waals surface area contributed by atoms with Gasteiger partial charge in [-0.1, -0.05) is 54.8 Å². The molecule has 0 bridgehead atoms. The summed E-state index contributed by atoms with van der Waals surface area (Å²) in [5.74, 6) is -0.305. The maximum absolute atomic E-state index is 13.4. The maximum atomic E-state index is 13.4. The number of carbonyl (C=O) groups excluding carboxylic acids is 1. The Hall–Kier alpha value is -3.95. The Bertz CT molecular complexity index is 1670. The van der Waals surface area contributed by atoms with Crippen LogP contribution in [-0.4, -0.2) is 37.8 Å². The summed E-state index contributed by atoms with van der Waals surface area (Å²) in [6, 6.07) is 20.5. The number of hydrogen-bond acceptors (Lipinski definition) is 6. The molecule has 0 aliphatic carbocycles. The van der Waals surface area contributed by atoms with Crippen molar-refractivity contribution in [1.29, 1.82) is 0 Å². The molecule has 1 atom stereocenters. The van der Waals surface area contributed by atoms with Crippen molar-refractivity contribution in [3.05, 3.63) is 88.6 Å². The van der Waals surface area contributed by atoms with E-state index >= 15 is 0 Å². The summed E-state index contributed by atoms with van der Waals surface area (Å²) in [5, 5.41) is 3.10. The van der Waals surface area contributed by atoms with Crippen LogP contribution in [0.25, 0.3) is 22.3 Å². The van der Waals surface area contributed by atoms with Crippen LogP contribution in [0, 0.1) is 6.92 Å². The zero-order valence-electron chi connectivity index (χ0n) is 22.6. The molecular formula is C31H32N2O6S. The van der Waals surface area contributed by atoms with Gasteiger partial charge in [-0.25, -0.2) is 8.42 Å². The fourth-order valence-electron chi connectivity index (χ4n) is 4.74. The predicted molar refractivity (Wildman–Crippen MR) is 155 cm³/mol. The third-order valence-corrected chi connectivity index (χ3v) is 8.97. The molecule has 1 saturated heterocycles. The van der Waals surface area contributed by atoms with Gasteiger partial charge in [-0.3, -0.25) is 9.59 Å². The van der Waals surface area contributed by atoms with Crippen molar-refractivity contribution in [3.8, 4) is 17.1 Å². The number of hydrogen-bond donors (Lipinski definition) is 1. The van der Waals surface area contributed by atoms with E-state index in [1.807, 2.05) is 31.2 Å². The summed E-state index contributed by atoms with van der Waals surface area (Å²) in [6.07, 6.45) is 2.73. The van der Waals surface area contributed by atoms with Gasteiger partial charge in [-0.15, -0.1) is 0 Å². The summed E-state index contributed by atoms with van der Waals surface area (Å²) >= 11 is 0. The van der Waals surface area contributed by atoms with Gasteiger partial charge >= 0.3 is 0 Å². The summed E-state index contributed by atoms with van der Waals surface area (Å²) < 4.78 is 39.7. The highest BCUT2D eigenvalue weighted by atomic mass is 32.2. The van der Waals surface area contributed by atoms with Gasteiger partial charge in [0, 0.05) is 24.3 Å². The highest BCUT2D eigenvalue weighted by Crippen LogP contribution is 2.32. The number of anilines is 1. The van der Waals surface area contributed by atoms with Gasteiger partial charge in [-0.2, -0.15) is 4.31 Å². The quantitative estimate of drug-likeness (QED) is 0.309. The van der Waals surface area contributed by atoms with E-state index in [0.29, 0.717) is 35.3 Å². The number of fused-ring (bicyclic) bond motifs is 1. The topological polar surface area (TPSA) is 106 Å². The molecule has 1 aliphatic heterocycles. The Morgan fingerprint density at radius 2 is 1.57 bits per heavy atom. The number of nitrogens with zero attached hydrogens (tertiary/aromatic N) is 1. The first kappa shape index (κ1) is 27.6. The van der Waals surface area contributed by atoms with E-state index < -0.39 is 22.0 Å². The van der Waals surface area contributed by atoms with Gasteiger partial charge in [0.2, 0.25) is 21.2 Å². The Balaban J connectivity index is 1.36. The van der Waals surface area contributed by atoms with Crippen LogP contribution in [0.3, 0.4) is 0 Å². The van der Waals surface area contributed by atoms with Crippen LogP contribution >= 0.6 is 0 Å². The lowest BCUT2D eigenvalue weighted by Gasteiger charge is -2.20. The van der Waals surface area contributed by atoms with Crippen molar-refractivity contribution < 1.29 is 22.4 Å². The molecular weight excluding hydrogens is 528 g/mol. The monoisotopic (exact) mass is 560 g/mol. The Morgan fingerprint density at radius 1 is 0.925 bits per heavy atom. The van der Waals surface area contributed by atoms with E-state index in [9.17, 15) is 18.0 Å². The normalized spacial score (nSPS) is 15.3. The van der Waals surface area contributed by atoms with Crippen LogP contribution < -0.4 is 15.5 Å². The number of nitrogens with one attached hydrogen (secondary N) is 1. The summed E-state index contributed by atoms with van der Waals surface area (Å²) in [6.45, 7) is 4.54. The van der Waals surface area contributed by atoms with Gasteiger partial charge in [0.25, 0.3) is 5.91 Å². The molecule has 0 radical (unpaired) electrons. The standard InChI is InChI=1S/C31H32N2O6S/c1-21-11-13-23(14-12-21)29-30(28(34)26-9-5-6-10-27(26)39-29)38-22(2)31(35)32-24-15-17-25(18-16-24)40(36,37)33-19-7-3-4-8-20-33/h5-6,9-18,22H,3-4,7-8,19-20H2,1-2H3,(H,32,35). The van der Waals surface area contributed by atoms with E-state index in [1.54, 1.807) is 43.3 Å². The minimum atomic E-state index is -3.59. The molecule has 1 unspecified atom stereocenters. The van der Waals surface area contributed by atoms with Crippen molar-refractivity contribution in [2.24, 2.45) is 0 Å². The predicted octanol–water partition coefficient (Wildman–Crippen LogP) is 5.74. The smallest absolute Gasteiger partial charge is 0.265 e. The van der Waals surface area contributed by atoms with Crippen LogP contribution in [0.1, 0.15) is 38.2 Å². The fourth-order valence-corrected chi connectivity index (χ4v) is 6.26. The van der Waals surface area contributed by atoms with Crippen LogP contribution in [0.2, 0.25) is 0 Å². The Morgan fingerprint density at radius 3 is 2.25 bits per heavy atom. The molecule has 8 nitrogen and oxygen atoms in total. The highest BCUT2D eigenvalue weighted by Gasteiger charge is 2.26. The van der Waals surface area contributed by atoms with Crippen LogP contribution in [0.4, 0.5) is 5.69 Å². The van der Waals surface area contributed by atoms with Crippen molar-refractivity contribution in [2.75, 3.05) is 18.4 Å². The number of aryl methyl sites for hydroxylation is 1. The SMILES string of the molecule is Cc1ccc(-c2oc3ccccc3c(=O)c2OC(C)C(=O)Nc2ccc(S(=O)(=O)N3CCCCCC3)cc2)cc1. The third kappa shape index (κ3) is 5.80. The number of ether oxygens (including phenoxy) is 1. The first-order valence-corrected chi connectivity index (χ1v) is 14.9. The fraction of sp³-hybridized carbons (Fsp3) is 0.290. The van der Waals surface area contributed by atoms with E-state index in [1.165, 1.54) is 16.4 Å². The van der Waals surface area contributed by atoms with Gasteiger partial charge in [0.05, 0.1) is 10.3 Å². The van der Waals surface area contributed by atoms with Crippen molar-refractivity contribution in [1.82, 2.24) is 4.31 Å². The Labute approximate surface area is 233 Å². The number of benzene rings is 3. The minimum absolute atomic E-state index is 0.0518. The molecule has 1 N–H and O–H groups in total. The number of amides is 1. The summed E-state index contributed by atoms with van der Waals surface area (Å²) in [4.78, 5) is 26.7. The molecule has 208 valence electrons. The lowest BCUT2D eigenvalue weighted by Crippen LogP contribution is -2.32. The molecule has 0 spiro atoms. The summed E-state index contributed by atoms with van der Waals surface area (Å²) in [5.41, 5.74) is 2.16. The van der Waals surface area contributed by atoms with E-state index in [2.05, 4.69) is 5.32 Å². The molecule has 4 aromatic rings. The maximum Gasteiger partial charge on any atom is 0.265 e. The second kappa shape index (κ2) is 11.7. The molecule has 0 saturated carbocycles. The Kier molecular flexibility index (Phi) is 8.04. The van der Waals surface area contributed by atoms with Crippen molar-refractivity contribution in [2.45, 2.75) is 50.5 Å².